The monoisotopic (exact) mass is 258 g/mol. The van der Waals surface area contributed by atoms with Gasteiger partial charge >= 0.3 is 5.69 Å². The summed E-state index contributed by atoms with van der Waals surface area (Å²) in [6.07, 6.45) is 0. The Hall–Kier alpha value is -0.930. The molecule has 0 unspecified atom stereocenters. The first kappa shape index (κ1) is 11.6. The average molecular weight is 259 g/mol. The van der Waals surface area contributed by atoms with Gasteiger partial charge in [0.25, 0.3) is 0 Å². The standard InChI is InChI=1S/C11H12Cl2N2O/c1-3-14-9-5-7(12)8(13)6-10(9)15(4-2)11(14)16/h5-6H,3-4H2,1-2H3. The summed E-state index contributed by atoms with van der Waals surface area (Å²) in [5, 5.41) is 0.953. The summed E-state index contributed by atoms with van der Waals surface area (Å²) in [4.78, 5) is 12.0. The summed E-state index contributed by atoms with van der Waals surface area (Å²) in [5.41, 5.74) is 1.66. The molecule has 0 spiro atoms. The van der Waals surface area contributed by atoms with E-state index in [1.165, 1.54) is 0 Å². The Kier molecular flexibility index (Phi) is 3.00. The molecule has 0 aliphatic heterocycles. The van der Waals surface area contributed by atoms with Crippen LogP contribution in [0.25, 0.3) is 11.0 Å². The minimum Gasteiger partial charge on any atom is -0.292 e. The number of benzene rings is 1. The Morgan fingerprint density at radius 2 is 1.38 bits per heavy atom. The fraction of sp³-hybridized carbons (Fsp3) is 0.364. The molecule has 1 heterocycles. The van der Waals surface area contributed by atoms with Crippen molar-refractivity contribution < 1.29 is 0 Å². The zero-order chi connectivity index (χ0) is 11.9. The van der Waals surface area contributed by atoms with E-state index >= 15 is 0 Å². The molecule has 0 radical (unpaired) electrons. The smallest absolute Gasteiger partial charge is 0.292 e. The average Bonchev–Trinajstić information content (AvgIpc) is 2.50. The zero-order valence-corrected chi connectivity index (χ0v) is 10.6. The number of fused-ring (bicyclic) bond motifs is 1. The first-order valence-corrected chi connectivity index (χ1v) is 5.93. The molecule has 0 aliphatic rings. The number of rotatable bonds is 2. The Labute approximate surface area is 103 Å². The molecule has 86 valence electrons. The number of hydrogen-bond donors (Lipinski definition) is 0. The highest BCUT2D eigenvalue weighted by Crippen LogP contribution is 2.27. The third-order valence-corrected chi connectivity index (χ3v) is 3.42. The molecule has 0 saturated heterocycles. The predicted molar refractivity (Wildman–Crippen MR) is 67.6 cm³/mol. The van der Waals surface area contributed by atoms with E-state index < -0.39 is 0 Å². The molecule has 2 rings (SSSR count). The lowest BCUT2D eigenvalue weighted by atomic mass is 10.3. The van der Waals surface area contributed by atoms with Crippen molar-refractivity contribution in [2.75, 3.05) is 0 Å². The topological polar surface area (TPSA) is 26.9 Å². The highest BCUT2D eigenvalue weighted by atomic mass is 35.5. The molecule has 0 N–H and O–H groups in total. The van der Waals surface area contributed by atoms with Gasteiger partial charge in [-0.2, -0.15) is 0 Å². The quantitative estimate of drug-likeness (QED) is 0.813. The molecule has 1 aromatic carbocycles. The van der Waals surface area contributed by atoms with Crippen LogP contribution in [0.15, 0.2) is 16.9 Å². The van der Waals surface area contributed by atoms with Gasteiger partial charge in [-0.15, -0.1) is 0 Å². The third kappa shape index (κ3) is 1.55. The van der Waals surface area contributed by atoms with E-state index in [-0.39, 0.29) is 5.69 Å². The van der Waals surface area contributed by atoms with Gasteiger partial charge in [0.1, 0.15) is 0 Å². The maximum absolute atomic E-state index is 12.0. The van der Waals surface area contributed by atoms with Crippen molar-refractivity contribution in [2.45, 2.75) is 26.9 Å². The van der Waals surface area contributed by atoms with Crippen molar-refractivity contribution in [3.63, 3.8) is 0 Å². The van der Waals surface area contributed by atoms with Gasteiger partial charge in [0.2, 0.25) is 0 Å². The van der Waals surface area contributed by atoms with Crippen LogP contribution in [0.4, 0.5) is 0 Å². The SMILES string of the molecule is CCn1c(=O)n(CC)c2cc(Cl)c(Cl)cc21. The van der Waals surface area contributed by atoms with E-state index in [4.69, 9.17) is 23.2 Å². The maximum atomic E-state index is 12.0. The Morgan fingerprint density at radius 1 is 1.00 bits per heavy atom. The number of imidazole rings is 1. The number of aromatic nitrogens is 2. The van der Waals surface area contributed by atoms with E-state index in [9.17, 15) is 4.79 Å². The lowest BCUT2D eigenvalue weighted by Crippen LogP contribution is -2.22. The molecule has 0 bridgehead atoms. The van der Waals surface area contributed by atoms with Gasteiger partial charge in [0.05, 0.1) is 21.1 Å². The summed E-state index contributed by atoms with van der Waals surface area (Å²) >= 11 is 11.9. The largest absolute Gasteiger partial charge is 0.329 e. The summed E-state index contributed by atoms with van der Waals surface area (Å²) in [6, 6.07) is 3.49. The van der Waals surface area contributed by atoms with Crippen molar-refractivity contribution in [3.8, 4) is 0 Å². The molecular weight excluding hydrogens is 247 g/mol. The molecular formula is C11H12Cl2N2O. The fourth-order valence-corrected chi connectivity index (χ4v) is 2.24. The van der Waals surface area contributed by atoms with Crippen LogP contribution in [-0.4, -0.2) is 9.13 Å². The van der Waals surface area contributed by atoms with Crippen LogP contribution in [0, 0.1) is 0 Å². The molecule has 5 heteroatoms. The van der Waals surface area contributed by atoms with Gasteiger partial charge in [0, 0.05) is 13.1 Å². The van der Waals surface area contributed by atoms with Crippen LogP contribution < -0.4 is 5.69 Å². The van der Waals surface area contributed by atoms with Crippen LogP contribution in [0.5, 0.6) is 0 Å². The lowest BCUT2D eigenvalue weighted by Gasteiger charge is -2.00. The lowest BCUT2D eigenvalue weighted by molar-refractivity contribution is 0.671. The van der Waals surface area contributed by atoms with Crippen molar-refractivity contribution >= 4 is 34.2 Å². The van der Waals surface area contributed by atoms with Crippen molar-refractivity contribution in [2.24, 2.45) is 0 Å². The van der Waals surface area contributed by atoms with Crippen LogP contribution in [0.1, 0.15) is 13.8 Å². The van der Waals surface area contributed by atoms with Crippen LogP contribution in [0.3, 0.4) is 0 Å². The molecule has 0 saturated carbocycles. The van der Waals surface area contributed by atoms with Crippen molar-refractivity contribution in [1.29, 1.82) is 0 Å². The minimum atomic E-state index is -0.0154. The number of hydrogen-bond acceptors (Lipinski definition) is 1. The van der Waals surface area contributed by atoms with Crippen LogP contribution >= 0.6 is 23.2 Å². The fourth-order valence-electron chi connectivity index (χ4n) is 1.92. The van der Waals surface area contributed by atoms with Crippen LogP contribution in [-0.2, 0) is 13.1 Å². The van der Waals surface area contributed by atoms with E-state index in [0.29, 0.717) is 23.1 Å². The van der Waals surface area contributed by atoms with Gasteiger partial charge in [-0.3, -0.25) is 9.13 Å². The molecule has 2 aromatic rings. The molecule has 0 atom stereocenters. The van der Waals surface area contributed by atoms with E-state index in [1.807, 2.05) is 13.8 Å². The van der Waals surface area contributed by atoms with E-state index in [1.54, 1.807) is 21.3 Å². The normalized spacial score (nSPS) is 11.2. The molecule has 3 nitrogen and oxygen atoms in total. The number of nitrogens with zero attached hydrogens (tertiary/aromatic N) is 2. The third-order valence-electron chi connectivity index (χ3n) is 2.69. The van der Waals surface area contributed by atoms with Gasteiger partial charge in [-0.05, 0) is 26.0 Å². The summed E-state index contributed by atoms with van der Waals surface area (Å²) in [5.74, 6) is 0. The van der Waals surface area contributed by atoms with Gasteiger partial charge in [-0.25, -0.2) is 4.79 Å². The molecule has 0 aliphatic carbocycles. The van der Waals surface area contributed by atoms with E-state index in [2.05, 4.69) is 0 Å². The Morgan fingerprint density at radius 3 is 1.69 bits per heavy atom. The first-order valence-electron chi connectivity index (χ1n) is 5.18. The van der Waals surface area contributed by atoms with Gasteiger partial charge in [0.15, 0.2) is 0 Å². The Bertz CT molecular complexity index is 548. The zero-order valence-electron chi connectivity index (χ0n) is 9.13. The second kappa shape index (κ2) is 4.15. The van der Waals surface area contributed by atoms with Crippen molar-refractivity contribution in [3.05, 3.63) is 32.7 Å². The minimum absolute atomic E-state index is 0.0154. The van der Waals surface area contributed by atoms with E-state index in [0.717, 1.165) is 11.0 Å². The molecule has 0 amide bonds. The van der Waals surface area contributed by atoms with Gasteiger partial charge in [-0.1, -0.05) is 23.2 Å². The molecule has 16 heavy (non-hydrogen) atoms. The summed E-state index contributed by atoms with van der Waals surface area (Å²) in [7, 11) is 0. The maximum Gasteiger partial charge on any atom is 0.329 e. The second-order valence-corrected chi connectivity index (χ2v) is 4.34. The molecule has 1 aromatic heterocycles. The number of halogens is 2. The number of aryl methyl sites for hydroxylation is 2. The van der Waals surface area contributed by atoms with Crippen LogP contribution in [0.2, 0.25) is 10.0 Å². The molecule has 0 fully saturated rings. The highest BCUT2D eigenvalue weighted by molar-refractivity contribution is 6.42. The van der Waals surface area contributed by atoms with Crippen molar-refractivity contribution in [1.82, 2.24) is 9.13 Å². The second-order valence-electron chi connectivity index (χ2n) is 3.53. The summed E-state index contributed by atoms with van der Waals surface area (Å²) < 4.78 is 3.39. The summed E-state index contributed by atoms with van der Waals surface area (Å²) in [6.45, 7) is 5.12. The first-order chi connectivity index (χ1) is 7.60. The van der Waals surface area contributed by atoms with Gasteiger partial charge < -0.3 is 0 Å². The Balaban J connectivity index is 2.95. The highest BCUT2D eigenvalue weighted by Gasteiger charge is 2.12. The predicted octanol–water partition coefficient (Wildman–Crippen LogP) is 3.15.